The SMILES string of the molecule is O=C(c1cc(Cl)ccc1[N+](=O)[O-])N1CCCC1CCCO. The summed E-state index contributed by atoms with van der Waals surface area (Å²) in [7, 11) is 0. The van der Waals surface area contributed by atoms with Crippen LogP contribution in [0.15, 0.2) is 18.2 Å². The molecule has 0 saturated carbocycles. The molecule has 2 rings (SSSR count). The maximum atomic E-state index is 12.6. The van der Waals surface area contributed by atoms with Crippen LogP contribution in [0, 0.1) is 10.1 Å². The lowest BCUT2D eigenvalue weighted by Crippen LogP contribution is -2.36. The minimum absolute atomic E-state index is 0.0308. The number of hydrogen-bond acceptors (Lipinski definition) is 4. The molecule has 1 unspecified atom stereocenters. The molecule has 0 aromatic heterocycles. The number of benzene rings is 1. The van der Waals surface area contributed by atoms with Crippen LogP contribution >= 0.6 is 11.6 Å². The molecular weight excluding hydrogens is 296 g/mol. The zero-order valence-electron chi connectivity index (χ0n) is 11.5. The number of carbonyl (C=O) groups is 1. The smallest absolute Gasteiger partial charge is 0.282 e. The highest BCUT2D eigenvalue weighted by molar-refractivity contribution is 6.31. The summed E-state index contributed by atoms with van der Waals surface area (Å²) in [5.74, 6) is -0.357. The fourth-order valence-electron chi connectivity index (χ4n) is 2.72. The second-order valence-corrected chi connectivity index (χ2v) is 5.52. The maximum Gasteiger partial charge on any atom is 0.282 e. The van der Waals surface area contributed by atoms with Crippen LogP contribution in [-0.2, 0) is 0 Å². The van der Waals surface area contributed by atoms with E-state index in [1.54, 1.807) is 4.90 Å². The Hall–Kier alpha value is -1.66. The number of nitrogens with zero attached hydrogens (tertiary/aromatic N) is 2. The highest BCUT2D eigenvalue weighted by Gasteiger charge is 2.32. The summed E-state index contributed by atoms with van der Waals surface area (Å²) in [4.78, 5) is 24.8. The van der Waals surface area contributed by atoms with Gasteiger partial charge >= 0.3 is 0 Å². The number of halogens is 1. The van der Waals surface area contributed by atoms with Gasteiger partial charge in [-0.1, -0.05) is 11.6 Å². The molecule has 1 amide bonds. The number of amides is 1. The van der Waals surface area contributed by atoms with E-state index in [2.05, 4.69) is 0 Å². The molecule has 1 aliphatic heterocycles. The van der Waals surface area contributed by atoms with E-state index < -0.39 is 4.92 Å². The Morgan fingerprint density at radius 1 is 1.52 bits per heavy atom. The third-order valence-electron chi connectivity index (χ3n) is 3.72. The lowest BCUT2D eigenvalue weighted by molar-refractivity contribution is -0.385. The van der Waals surface area contributed by atoms with Crippen molar-refractivity contribution in [3.63, 3.8) is 0 Å². The quantitative estimate of drug-likeness (QED) is 0.669. The monoisotopic (exact) mass is 312 g/mol. The number of carbonyl (C=O) groups excluding carboxylic acids is 1. The van der Waals surface area contributed by atoms with Crippen molar-refractivity contribution in [3.05, 3.63) is 38.9 Å². The van der Waals surface area contributed by atoms with Crippen molar-refractivity contribution < 1.29 is 14.8 Å². The fourth-order valence-corrected chi connectivity index (χ4v) is 2.90. The van der Waals surface area contributed by atoms with Crippen LogP contribution in [0.3, 0.4) is 0 Å². The summed E-state index contributed by atoms with van der Waals surface area (Å²) in [5.41, 5.74) is -0.194. The van der Waals surface area contributed by atoms with Crippen LogP contribution in [-0.4, -0.2) is 40.0 Å². The molecule has 114 valence electrons. The van der Waals surface area contributed by atoms with Crippen molar-refractivity contribution in [2.75, 3.05) is 13.2 Å². The van der Waals surface area contributed by atoms with Crippen molar-refractivity contribution in [3.8, 4) is 0 Å². The van der Waals surface area contributed by atoms with E-state index in [0.717, 1.165) is 12.8 Å². The second kappa shape index (κ2) is 6.87. The average molecular weight is 313 g/mol. The first-order valence-corrected chi connectivity index (χ1v) is 7.28. The molecule has 0 spiro atoms. The number of nitro benzene ring substituents is 1. The number of hydrogen-bond donors (Lipinski definition) is 1. The Balaban J connectivity index is 2.26. The molecule has 1 N–H and O–H groups in total. The zero-order valence-corrected chi connectivity index (χ0v) is 12.3. The van der Waals surface area contributed by atoms with Crippen LogP contribution in [0.5, 0.6) is 0 Å². The van der Waals surface area contributed by atoms with Gasteiger partial charge in [-0.3, -0.25) is 14.9 Å². The first-order valence-electron chi connectivity index (χ1n) is 6.90. The van der Waals surface area contributed by atoms with Crippen molar-refractivity contribution in [2.45, 2.75) is 31.7 Å². The van der Waals surface area contributed by atoms with Gasteiger partial charge in [-0.15, -0.1) is 0 Å². The minimum Gasteiger partial charge on any atom is -0.396 e. The Bertz CT molecular complexity index is 550. The molecule has 1 heterocycles. The van der Waals surface area contributed by atoms with Crippen LogP contribution in [0.4, 0.5) is 5.69 Å². The molecule has 1 saturated heterocycles. The Morgan fingerprint density at radius 3 is 2.95 bits per heavy atom. The Kier molecular flexibility index (Phi) is 5.14. The number of aliphatic hydroxyl groups is 1. The normalized spacial score (nSPS) is 18.0. The highest BCUT2D eigenvalue weighted by atomic mass is 35.5. The molecular formula is C14H17ClN2O4. The average Bonchev–Trinajstić information content (AvgIpc) is 2.92. The zero-order chi connectivity index (χ0) is 15.4. The molecule has 0 bridgehead atoms. The first-order chi connectivity index (χ1) is 10.0. The summed E-state index contributed by atoms with van der Waals surface area (Å²) in [6, 6.07) is 4.05. The lowest BCUT2D eigenvalue weighted by atomic mass is 10.1. The summed E-state index contributed by atoms with van der Waals surface area (Å²) in [6.45, 7) is 0.661. The summed E-state index contributed by atoms with van der Waals surface area (Å²) in [5, 5.41) is 20.3. The van der Waals surface area contributed by atoms with Gasteiger partial charge in [0.15, 0.2) is 0 Å². The van der Waals surface area contributed by atoms with E-state index in [-0.39, 0.29) is 29.8 Å². The summed E-state index contributed by atoms with van der Waals surface area (Å²) >= 11 is 5.87. The first kappa shape index (κ1) is 15.7. The molecule has 0 radical (unpaired) electrons. The molecule has 1 fully saturated rings. The Labute approximate surface area is 127 Å². The predicted octanol–water partition coefficient (Wildman–Crippen LogP) is 2.63. The molecule has 1 atom stereocenters. The Morgan fingerprint density at radius 2 is 2.29 bits per heavy atom. The highest BCUT2D eigenvalue weighted by Crippen LogP contribution is 2.28. The predicted molar refractivity (Wildman–Crippen MR) is 78.5 cm³/mol. The lowest BCUT2D eigenvalue weighted by Gasteiger charge is -2.24. The molecule has 1 aliphatic rings. The van der Waals surface area contributed by atoms with Gasteiger partial charge in [0.1, 0.15) is 5.56 Å². The number of nitro groups is 1. The van der Waals surface area contributed by atoms with Gasteiger partial charge in [0.2, 0.25) is 0 Å². The topological polar surface area (TPSA) is 83.7 Å². The van der Waals surface area contributed by atoms with Gasteiger partial charge in [-0.25, -0.2) is 0 Å². The van der Waals surface area contributed by atoms with Crippen molar-refractivity contribution in [2.24, 2.45) is 0 Å². The maximum absolute atomic E-state index is 12.6. The van der Waals surface area contributed by atoms with Gasteiger partial charge in [0.05, 0.1) is 4.92 Å². The summed E-state index contributed by atoms with van der Waals surface area (Å²) in [6.07, 6.45) is 3.05. The van der Waals surface area contributed by atoms with Gasteiger partial charge in [-0.05, 0) is 37.8 Å². The third kappa shape index (κ3) is 3.51. The molecule has 0 aliphatic carbocycles. The van der Waals surface area contributed by atoms with E-state index >= 15 is 0 Å². The second-order valence-electron chi connectivity index (χ2n) is 5.08. The van der Waals surface area contributed by atoms with Gasteiger partial charge in [0, 0.05) is 30.3 Å². The minimum atomic E-state index is -0.567. The van der Waals surface area contributed by atoms with E-state index in [0.29, 0.717) is 24.4 Å². The summed E-state index contributed by atoms with van der Waals surface area (Å²) < 4.78 is 0. The standard InChI is InChI=1S/C14H17ClN2O4/c15-10-5-6-13(17(20)21)12(9-10)14(19)16-7-1-3-11(16)4-2-8-18/h5-6,9,11,18H,1-4,7-8H2. The molecule has 1 aromatic carbocycles. The molecule has 21 heavy (non-hydrogen) atoms. The van der Waals surface area contributed by atoms with Crippen molar-refractivity contribution >= 4 is 23.2 Å². The van der Waals surface area contributed by atoms with Crippen molar-refractivity contribution in [1.29, 1.82) is 0 Å². The van der Waals surface area contributed by atoms with Gasteiger partial charge < -0.3 is 10.0 Å². The number of aliphatic hydroxyl groups excluding tert-OH is 1. The molecule has 7 heteroatoms. The van der Waals surface area contributed by atoms with Crippen molar-refractivity contribution in [1.82, 2.24) is 4.90 Å². The van der Waals surface area contributed by atoms with Crippen LogP contribution < -0.4 is 0 Å². The number of likely N-dealkylation sites (tertiary alicyclic amines) is 1. The largest absolute Gasteiger partial charge is 0.396 e. The van der Waals surface area contributed by atoms with E-state index in [1.807, 2.05) is 0 Å². The fraction of sp³-hybridized carbons (Fsp3) is 0.500. The van der Waals surface area contributed by atoms with Gasteiger partial charge in [0.25, 0.3) is 11.6 Å². The van der Waals surface area contributed by atoms with E-state index in [9.17, 15) is 14.9 Å². The van der Waals surface area contributed by atoms with Gasteiger partial charge in [-0.2, -0.15) is 0 Å². The van der Waals surface area contributed by atoms with E-state index in [1.165, 1.54) is 18.2 Å². The third-order valence-corrected chi connectivity index (χ3v) is 3.95. The molecule has 6 nitrogen and oxygen atoms in total. The van der Waals surface area contributed by atoms with E-state index in [4.69, 9.17) is 16.7 Å². The van der Waals surface area contributed by atoms with Crippen LogP contribution in [0.2, 0.25) is 5.02 Å². The number of rotatable bonds is 5. The molecule has 1 aromatic rings. The van der Waals surface area contributed by atoms with Crippen LogP contribution in [0.1, 0.15) is 36.0 Å². The van der Waals surface area contributed by atoms with Crippen LogP contribution in [0.25, 0.3) is 0 Å².